The van der Waals surface area contributed by atoms with Crippen LogP contribution in [0.25, 0.3) is 0 Å². The van der Waals surface area contributed by atoms with Crippen LogP contribution in [-0.4, -0.2) is 28.9 Å². The van der Waals surface area contributed by atoms with Crippen LogP contribution in [0.15, 0.2) is 60.7 Å². The number of nitrogens with zero attached hydrogens (tertiary/aromatic N) is 1. The third-order valence-corrected chi connectivity index (χ3v) is 7.85. The Morgan fingerprint density at radius 3 is 1.71 bits per heavy atom. The zero-order chi connectivity index (χ0) is 20.4. The van der Waals surface area contributed by atoms with Crippen LogP contribution in [0.1, 0.15) is 47.5 Å². The first kappa shape index (κ1) is 21.3. The number of hydrogen-bond acceptors (Lipinski definition) is 4. The third kappa shape index (κ3) is 4.26. The predicted octanol–water partition coefficient (Wildman–Crippen LogP) is 4.91. The zero-order valence-electron chi connectivity index (χ0n) is 17.6. The van der Waals surface area contributed by atoms with Gasteiger partial charge in [0.2, 0.25) is 0 Å². The molecule has 0 bridgehead atoms. The molecule has 0 unspecified atom stereocenters. The summed E-state index contributed by atoms with van der Waals surface area (Å²) >= 11 is 0. The summed E-state index contributed by atoms with van der Waals surface area (Å²) in [4.78, 5) is 5.97. The van der Waals surface area contributed by atoms with Crippen molar-refractivity contribution in [3.05, 3.63) is 60.7 Å². The number of hydrogen-bond donors (Lipinski definition) is 0. The molecule has 4 nitrogen and oxygen atoms in total. The molecule has 0 N–H and O–H groups in total. The van der Waals surface area contributed by atoms with Gasteiger partial charge < -0.3 is 4.52 Å². The van der Waals surface area contributed by atoms with E-state index in [9.17, 15) is 4.57 Å². The highest BCUT2D eigenvalue weighted by Crippen LogP contribution is 2.50. The van der Waals surface area contributed by atoms with Gasteiger partial charge in [-0.05, 0) is 71.7 Å². The van der Waals surface area contributed by atoms with E-state index in [1.165, 1.54) is 0 Å². The second-order valence-corrected chi connectivity index (χ2v) is 11.0. The quantitative estimate of drug-likeness (QED) is 0.645. The lowest BCUT2D eigenvalue weighted by Crippen LogP contribution is -2.61. The Morgan fingerprint density at radius 1 is 0.893 bits per heavy atom. The molecular formula is C23H32NO3P. The van der Waals surface area contributed by atoms with Crippen LogP contribution in [-0.2, 0) is 13.9 Å². The molecule has 28 heavy (non-hydrogen) atoms. The van der Waals surface area contributed by atoms with Gasteiger partial charge in [0.1, 0.15) is 0 Å². The summed E-state index contributed by atoms with van der Waals surface area (Å²) in [5, 5.41) is 3.57. The molecular weight excluding hydrogens is 369 g/mol. The van der Waals surface area contributed by atoms with E-state index in [1.54, 1.807) is 0 Å². The van der Waals surface area contributed by atoms with E-state index in [-0.39, 0.29) is 17.2 Å². The van der Waals surface area contributed by atoms with Gasteiger partial charge in [-0.1, -0.05) is 36.4 Å². The van der Waals surface area contributed by atoms with E-state index in [4.69, 9.17) is 9.36 Å². The number of benzene rings is 2. The van der Waals surface area contributed by atoms with Gasteiger partial charge in [-0.25, -0.2) is 0 Å². The summed E-state index contributed by atoms with van der Waals surface area (Å²) in [5.74, 6) is 0. The minimum Gasteiger partial charge on any atom is -0.319 e. The molecule has 1 saturated heterocycles. The van der Waals surface area contributed by atoms with Crippen LogP contribution in [0.4, 0.5) is 0 Å². The van der Waals surface area contributed by atoms with Crippen molar-refractivity contribution in [2.75, 3.05) is 6.61 Å². The van der Waals surface area contributed by atoms with Crippen molar-refractivity contribution >= 4 is 18.0 Å². The van der Waals surface area contributed by atoms with Crippen LogP contribution < -0.4 is 10.6 Å². The monoisotopic (exact) mass is 401 g/mol. The Balaban J connectivity index is 1.96. The number of hydroxylamine groups is 2. The van der Waals surface area contributed by atoms with Crippen molar-refractivity contribution in [3.8, 4) is 0 Å². The highest BCUT2D eigenvalue weighted by molar-refractivity contribution is 7.74. The molecule has 1 aliphatic rings. The van der Waals surface area contributed by atoms with Gasteiger partial charge in [0.05, 0.1) is 12.7 Å². The van der Waals surface area contributed by atoms with E-state index < -0.39 is 7.37 Å². The molecule has 0 atom stereocenters. The fraction of sp³-hybridized carbons (Fsp3) is 0.478. The van der Waals surface area contributed by atoms with E-state index in [0.29, 0.717) is 6.61 Å². The highest BCUT2D eigenvalue weighted by atomic mass is 31.2. The van der Waals surface area contributed by atoms with Crippen molar-refractivity contribution in [1.29, 1.82) is 0 Å². The van der Waals surface area contributed by atoms with Gasteiger partial charge in [0.25, 0.3) is 7.37 Å². The smallest absolute Gasteiger partial charge is 0.261 e. The van der Waals surface area contributed by atoms with E-state index in [1.807, 2.05) is 67.6 Å². The van der Waals surface area contributed by atoms with Gasteiger partial charge in [0.15, 0.2) is 0 Å². The standard InChI is InChI=1S/C23H32NO3P/c1-6-26-24-22(2,3)17-19(18-23(24,4)5)27-28(25,20-13-9-7-10-14-20)21-15-11-8-12-16-21/h7-16,19H,6,17-18H2,1-5H3. The molecule has 1 heterocycles. The second kappa shape index (κ2) is 8.12. The molecule has 1 aliphatic heterocycles. The van der Waals surface area contributed by atoms with Gasteiger partial charge in [-0.2, -0.15) is 5.06 Å². The minimum atomic E-state index is -3.20. The normalized spacial score (nSPS) is 20.2. The van der Waals surface area contributed by atoms with Crippen LogP contribution in [0.2, 0.25) is 0 Å². The Kier molecular flexibility index (Phi) is 6.17. The lowest BCUT2D eigenvalue weighted by atomic mass is 9.80. The zero-order valence-corrected chi connectivity index (χ0v) is 18.5. The predicted molar refractivity (Wildman–Crippen MR) is 115 cm³/mol. The van der Waals surface area contributed by atoms with Crippen molar-refractivity contribution < 1.29 is 13.9 Å². The van der Waals surface area contributed by atoms with Gasteiger partial charge in [-0.3, -0.25) is 9.40 Å². The molecule has 1 fully saturated rings. The fourth-order valence-electron chi connectivity index (χ4n) is 4.45. The van der Waals surface area contributed by atoms with E-state index in [2.05, 4.69) is 32.8 Å². The topological polar surface area (TPSA) is 38.8 Å². The lowest BCUT2D eigenvalue weighted by Gasteiger charge is -2.53. The molecule has 3 rings (SSSR count). The summed E-state index contributed by atoms with van der Waals surface area (Å²) < 4.78 is 20.8. The summed E-state index contributed by atoms with van der Waals surface area (Å²) in [6, 6.07) is 19.1. The largest absolute Gasteiger partial charge is 0.319 e. The van der Waals surface area contributed by atoms with E-state index >= 15 is 0 Å². The van der Waals surface area contributed by atoms with Crippen molar-refractivity contribution in [2.24, 2.45) is 0 Å². The SMILES string of the molecule is CCON1C(C)(C)CC(OP(=O)(c2ccccc2)c2ccccc2)CC1(C)C. The maximum absolute atomic E-state index is 14.2. The summed E-state index contributed by atoms with van der Waals surface area (Å²) in [6.07, 6.45) is 1.37. The Hall–Kier alpha value is -1.45. The summed E-state index contributed by atoms with van der Waals surface area (Å²) in [5.41, 5.74) is -0.443. The molecule has 0 aliphatic carbocycles. The molecule has 0 aromatic heterocycles. The summed E-state index contributed by atoms with van der Waals surface area (Å²) in [7, 11) is -3.20. The van der Waals surface area contributed by atoms with Crippen LogP contribution in [0.5, 0.6) is 0 Å². The molecule has 2 aromatic carbocycles. The first-order valence-corrected chi connectivity index (χ1v) is 11.6. The average molecular weight is 401 g/mol. The fourth-order valence-corrected chi connectivity index (χ4v) is 6.69. The van der Waals surface area contributed by atoms with Crippen molar-refractivity contribution in [3.63, 3.8) is 0 Å². The molecule has 152 valence electrons. The third-order valence-electron chi connectivity index (χ3n) is 5.30. The molecule has 5 heteroatoms. The Bertz CT molecular complexity index is 759. The van der Waals surface area contributed by atoms with Crippen LogP contribution in [0.3, 0.4) is 0 Å². The molecule has 2 aromatic rings. The van der Waals surface area contributed by atoms with Gasteiger partial charge in [0, 0.05) is 21.7 Å². The minimum absolute atomic E-state index is 0.132. The Morgan fingerprint density at radius 2 is 1.32 bits per heavy atom. The molecule has 0 saturated carbocycles. The molecule has 0 radical (unpaired) electrons. The maximum Gasteiger partial charge on any atom is 0.261 e. The number of piperidine rings is 1. The second-order valence-electron chi connectivity index (χ2n) is 8.70. The van der Waals surface area contributed by atoms with Crippen LogP contribution >= 0.6 is 7.37 Å². The highest BCUT2D eigenvalue weighted by Gasteiger charge is 2.48. The maximum atomic E-state index is 14.2. The summed E-state index contributed by atoms with van der Waals surface area (Å²) in [6.45, 7) is 11.3. The Labute approximate surface area is 169 Å². The lowest BCUT2D eigenvalue weighted by molar-refractivity contribution is -0.288. The first-order chi connectivity index (χ1) is 13.2. The number of rotatable bonds is 6. The van der Waals surface area contributed by atoms with E-state index in [0.717, 1.165) is 23.5 Å². The van der Waals surface area contributed by atoms with Crippen molar-refractivity contribution in [2.45, 2.75) is 64.6 Å². The molecule has 0 spiro atoms. The van der Waals surface area contributed by atoms with Gasteiger partial charge in [-0.15, -0.1) is 0 Å². The van der Waals surface area contributed by atoms with Crippen LogP contribution in [0, 0.1) is 0 Å². The first-order valence-electron chi connectivity index (χ1n) is 10.0. The average Bonchev–Trinajstić information content (AvgIpc) is 2.65. The molecule has 0 amide bonds. The van der Waals surface area contributed by atoms with Gasteiger partial charge >= 0.3 is 0 Å². The van der Waals surface area contributed by atoms with Crippen molar-refractivity contribution in [1.82, 2.24) is 5.06 Å².